The number of rotatable bonds is 6. The van der Waals surface area contributed by atoms with Gasteiger partial charge in [-0.1, -0.05) is 20.8 Å². The van der Waals surface area contributed by atoms with Gasteiger partial charge in [-0.3, -0.25) is 9.59 Å². The Balaban J connectivity index is 1.68. The molecule has 0 bridgehead atoms. The fourth-order valence-electron chi connectivity index (χ4n) is 6.56. The van der Waals surface area contributed by atoms with Crippen LogP contribution in [0.5, 0.6) is 0 Å². The summed E-state index contributed by atoms with van der Waals surface area (Å²) >= 11 is 0. The van der Waals surface area contributed by atoms with Gasteiger partial charge in [-0.05, 0) is 68.1 Å². The first-order valence-corrected chi connectivity index (χ1v) is 12.0. The van der Waals surface area contributed by atoms with E-state index in [4.69, 9.17) is 4.74 Å². The number of methoxy groups -OCH3 is 1. The van der Waals surface area contributed by atoms with Crippen molar-refractivity contribution < 1.29 is 19.4 Å². The topological polar surface area (TPSA) is 78.9 Å². The summed E-state index contributed by atoms with van der Waals surface area (Å²) in [6.07, 6.45) is 7.18. The quantitative estimate of drug-likeness (QED) is 0.690. The van der Waals surface area contributed by atoms with Gasteiger partial charge in [-0.15, -0.1) is 0 Å². The molecule has 1 aliphatic heterocycles. The highest BCUT2D eigenvalue weighted by Gasteiger charge is 2.54. The lowest BCUT2D eigenvalue weighted by atomic mass is 9.51. The van der Waals surface area contributed by atoms with Gasteiger partial charge in [0.25, 0.3) is 0 Å². The molecule has 6 nitrogen and oxygen atoms in total. The highest BCUT2D eigenvalue weighted by atomic mass is 16.5. The average Bonchev–Trinajstić information content (AvgIpc) is 2.74. The predicted molar refractivity (Wildman–Crippen MR) is 117 cm³/mol. The third-order valence-electron chi connectivity index (χ3n) is 8.47. The van der Waals surface area contributed by atoms with Gasteiger partial charge in [-0.25, -0.2) is 0 Å². The molecule has 3 aliphatic rings. The fraction of sp³-hybridized carbons (Fsp3) is 0.917. The summed E-state index contributed by atoms with van der Waals surface area (Å²) in [6, 6.07) is 0.0777. The minimum Gasteiger partial charge on any atom is -0.392 e. The van der Waals surface area contributed by atoms with Crippen LogP contribution in [0.15, 0.2) is 0 Å². The zero-order valence-corrected chi connectivity index (χ0v) is 19.4. The number of hydrogen-bond acceptors (Lipinski definition) is 4. The summed E-state index contributed by atoms with van der Waals surface area (Å²) in [5.74, 6) is 0.386. The molecule has 3 fully saturated rings. The first-order valence-electron chi connectivity index (χ1n) is 12.0. The molecule has 2 N–H and O–H groups in total. The van der Waals surface area contributed by atoms with E-state index in [1.54, 1.807) is 7.11 Å². The molecular weight excluding hydrogens is 380 g/mol. The number of carbonyl (C=O) groups is 2. The van der Waals surface area contributed by atoms with Crippen LogP contribution in [0.3, 0.4) is 0 Å². The Morgan fingerprint density at radius 3 is 2.53 bits per heavy atom. The van der Waals surface area contributed by atoms with Gasteiger partial charge in [0.1, 0.15) is 0 Å². The molecule has 1 saturated heterocycles. The molecule has 6 heteroatoms. The molecule has 2 saturated carbocycles. The van der Waals surface area contributed by atoms with E-state index in [1.807, 2.05) is 11.8 Å². The Bertz CT molecular complexity index is 606. The van der Waals surface area contributed by atoms with Gasteiger partial charge in [0.2, 0.25) is 11.8 Å². The number of hydrogen-bond donors (Lipinski definition) is 2. The second-order valence-corrected chi connectivity index (χ2v) is 10.4. The van der Waals surface area contributed by atoms with Crippen LogP contribution in [-0.4, -0.2) is 60.8 Å². The number of ether oxygens (including phenoxy) is 1. The molecule has 0 radical (unpaired) electrons. The zero-order chi connectivity index (χ0) is 21.9. The lowest BCUT2D eigenvalue weighted by Crippen LogP contribution is -2.58. The van der Waals surface area contributed by atoms with E-state index in [2.05, 4.69) is 19.2 Å². The highest BCUT2D eigenvalue weighted by molar-refractivity contribution is 5.79. The van der Waals surface area contributed by atoms with Gasteiger partial charge in [0.15, 0.2) is 0 Å². The number of aliphatic hydroxyl groups is 1. The Morgan fingerprint density at radius 1 is 1.20 bits per heavy atom. The molecule has 2 aliphatic carbocycles. The van der Waals surface area contributed by atoms with Crippen molar-refractivity contribution in [3.05, 3.63) is 0 Å². The Morgan fingerprint density at radius 2 is 1.87 bits per heavy atom. The van der Waals surface area contributed by atoms with Gasteiger partial charge in [0, 0.05) is 38.6 Å². The molecule has 0 spiro atoms. The predicted octanol–water partition coefficient (Wildman–Crippen LogP) is 2.98. The molecule has 0 aromatic heterocycles. The van der Waals surface area contributed by atoms with Crippen molar-refractivity contribution >= 4 is 11.8 Å². The molecule has 172 valence electrons. The number of piperidine rings is 1. The van der Waals surface area contributed by atoms with Crippen molar-refractivity contribution in [3.8, 4) is 0 Å². The molecule has 1 unspecified atom stereocenters. The van der Waals surface area contributed by atoms with Gasteiger partial charge < -0.3 is 20.1 Å². The summed E-state index contributed by atoms with van der Waals surface area (Å²) in [5, 5.41) is 14.7. The summed E-state index contributed by atoms with van der Waals surface area (Å²) < 4.78 is 5.02. The second-order valence-electron chi connectivity index (χ2n) is 10.4. The van der Waals surface area contributed by atoms with Crippen LogP contribution >= 0.6 is 0 Å². The normalized spacial score (nSPS) is 37.9. The van der Waals surface area contributed by atoms with E-state index in [1.165, 1.54) is 6.42 Å². The van der Waals surface area contributed by atoms with Crippen molar-refractivity contribution in [3.63, 3.8) is 0 Å². The summed E-state index contributed by atoms with van der Waals surface area (Å²) in [5.41, 5.74) is 0.0803. The van der Waals surface area contributed by atoms with E-state index in [0.717, 1.165) is 51.6 Å². The fourth-order valence-corrected chi connectivity index (χ4v) is 6.56. The van der Waals surface area contributed by atoms with Gasteiger partial charge in [0.05, 0.1) is 12.7 Å². The van der Waals surface area contributed by atoms with Crippen LogP contribution in [0.2, 0.25) is 0 Å². The first-order chi connectivity index (χ1) is 14.3. The Labute approximate surface area is 182 Å². The maximum atomic E-state index is 13.1. The van der Waals surface area contributed by atoms with E-state index >= 15 is 0 Å². The third-order valence-corrected chi connectivity index (χ3v) is 8.47. The number of aliphatic hydroxyl groups excluding tert-OH is 1. The van der Waals surface area contributed by atoms with Crippen LogP contribution in [0.4, 0.5) is 0 Å². The second kappa shape index (κ2) is 9.99. The lowest BCUT2D eigenvalue weighted by molar-refractivity contribution is -0.151. The molecular formula is C24H42N2O4. The maximum Gasteiger partial charge on any atom is 0.225 e. The molecule has 0 aromatic carbocycles. The summed E-state index contributed by atoms with van der Waals surface area (Å²) in [7, 11) is 1.60. The largest absolute Gasteiger partial charge is 0.392 e. The Hall–Kier alpha value is -1.14. The minimum absolute atomic E-state index is 0.00268. The van der Waals surface area contributed by atoms with Crippen molar-refractivity contribution in [2.24, 2.45) is 29.1 Å². The number of nitrogens with zero attached hydrogens (tertiary/aromatic N) is 1. The standard InChI is InChI=1S/C24H42N2O4/c1-16(23(29)26-13-6-5-7-14-26)18-8-11-24(3)12-9-19(17(2)21(24)22(18)28)25-20(27)10-15-30-4/h16-19,21-22,28H,5-15H2,1-4H3,(H,25,27)/t16-,17+,18?,19-,21+,22-,24-/m0/s1. The smallest absolute Gasteiger partial charge is 0.225 e. The van der Waals surface area contributed by atoms with Gasteiger partial charge >= 0.3 is 0 Å². The summed E-state index contributed by atoms with van der Waals surface area (Å²) in [4.78, 5) is 27.4. The van der Waals surface area contributed by atoms with Crippen molar-refractivity contribution in [2.75, 3.05) is 26.8 Å². The molecule has 7 atom stereocenters. The number of fused-ring (bicyclic) bond motifs is 1. The van der Waals surface area contributed by atoms with Crippen LogP contribution in [0.1, 0.15) is 72.1 Å². The van der Waals surface area contributed by atoms with E-state index in [-0.39, 0.29) is 46.9 Å². The van der Waals surface area contributed by atoms with Crippen LogP contribution in [0.25, 0.3) is 0 Å². The maximum absolute atomic E-state index is 13.1. The van der Waals surface area contributed by atoms with Crippen LogP contribution < -0.4 is 5.32 Å². The first kappa shape index (κ1) is 23.5. The molecule has 30 heavy (non-hydrogen) atoms. The number of amides is 2. The minimum atomic E-state index is -0.499. The SMILES string of the molecule is COCCC(=O)N[C@H]1CC[C@]2(C)CCC([C@H](C)C(=O)N3CCCCC3)[C@H](O)[C@H]2[C@@H]1C. The summed E-state index contributed by atoms with van der Waals surface area (Å²) in [6.45, 7) is 8.64. The van der Waals surface area contributed by atoms with Crippen LogP contribution in [-0.2, 0) is 14.3 Å². The third kappa shape index (κ3) is 4.85. The van der Waals surface area contributed by atoms with E-state index in [0.29, 0.717) is 13.0 Å². The molecule has 1 heterocycles. The van der Waals surface area contributed by atoms with E-state index < -0.39 is 6.10 Å². The Kier molecular flexibility index (Phi) is 7.83. The molecule has 2 amide bonds. The number of nitrogens with one attached hydrogen (secondary N) is 1. The highest BCUT2D eigenvalue weighted by Crippen LogP contribution is 2.55. The van der Waals surface area contributed by atoms with E-state index in [9.17, 15) is 14.7 Å². The van der Waals surface area contributed by atoms with Gasteiger partial charge in [-0.2, -0.15) is 0 Å². The molecule has 3 rings (SSSR count). The van der Waals surface area contributed by atoms with Crippen molar-refractivity contribution in [1.82, 2.24) is 10.2 Å². The zero-order valence-electron chi connectivity index (χ0n) is 19.4. The van der Waals surface area contributed by atoms with Crippen molar-refractivity contribution in [1.29, 1.82) is 0 Å². The molecule has 0 aromatic rings. The number of likely N-dealkylation sites (tertiary alicyclic amines) is 1. The average molecular weight is 423 g/mol. The van der Waals surface area contributed by atoms with Crippen LogP contribution in [0, 0.1) is 29.1 Å². The number of carbonyl (C=O) groups excluding carboxylic acids is 2. The lowest BCUT2D eigenvalue weighted by Gasteiger charge is -2.56. The monoisotopic (exact) mass is 422 g/mol. The van der Waals surface area contributed by atoms with Crippen molar-refractivity contribution in [2.45, 2.75) is 84.3 Å².